The van der Waals surface area contributed by atoms with Crippen molar-refractivity contribution in [2.24, 2.45) is 17.8 Å². The van der Waals surface area contributed by atoms with Crippen LogP contribution in [0, 0.1) is 29.1 Å². The molecule has 0 radical (unpaired) electrons. The van der Waals surface area contributed by atoms with Gasteiger partial charge in [0.15, 0.2) is 0 Å². The molecule has 4 atom stereocenters. The van der Waals surface area contributed by atoms with Gasteiger partial charge in [-0.3, -0.25) is 0 Å². The number of rotatable bonds is 2. The van der Waals surface area contributed by atoms with Crippen molar-refractivity contribution in [2.75, 3.05) is 7.05 Å². The number of nitrogens with one attached hydrogen (secondary N) is 1. The van der Waals surface area contributed by atoms with Crippen molar-refractivity contribution < 1.29 is 0 Å². The predicted octanol–water partition coefficient (Wildman–Crippen LogP) is 1.92. The summed E-state index contributed by atoms with van der Waals surface area (Å²) in [6.45, 7) is 2.05. The molecule has 0 spiro atoms. The molecule has 2 bridgehead atoms. The highest BCUT2D eigenvalue weighted by molar-refractivity contribution is 5.12. The fourth-order valence-corrected chi connectivity index (χ4v) is 3.28. The third kappa shape index (κ3) is 1.26. The molecular weight excluding hydrogens is 160 g/mol. The van der Waals surface area contributed by atoms with E-state index in [2.05, 4.69) is 18.3 Å². The normalized spacial score (nSPS) is 41.5. The second-order valence-corrected chi connectivity index (χ2v) is 4.85. The molecule has 2 aliphatic rings. The Balaban J connectivity index is 2.14. The van der Waals surface area contributed by atoms with Crippen LogP contribution < -0.4 is 5.32 Å². The summed E-state index contributed by atoms with van der Waals surface area (Å²) in [5.41, 5.74) is -0.278. The van der Waals surface area contributed by atoms with Crippen molar-refractivity contribution in [1.29, 1.82) is 5.26 Å². The molecule has 2 rings (SSSR count). The molecule has 0 aliphatic heterocycles. The van der Waals surface area contributed by atoms with Crippen molar-refractivity contribution in [3.63, 3.8) is 0 Å². The number of fused-ring (bicyclic) bond motifs is 2. The largest absolute Gasteiger partial charge is 0.302 e. The van der Waals surface area contributed by atoms with Crippen LogP contribution in [-0.2, 0) is 0 Å². The van der Waals surface area contributed by atoms with Crippen LogP contribution in [0.15, 0.2) is 0 Å². The molecule has 2 aliphatic carbocycles. The minimum atomic E-state index is -0.278. The molecule has 2 fully saturated rings. The molecule has 0 aromatic carbocycles. The molecule has 4 unspecified atom stereocenters. The van der Waals surface area contributed by atoms with Gasteiger partial charge in [0.1, 0.15) is 5.54 Å². The highest BCUT2D eigenvalue weighted by Crippen LogP contribution is 2.51. The van der Waals surface area contributed by atoms with E-state index in [4.69, 9.17) is 5.26 Å². The number of hydrogen-bond donors (Lipinski definition) is 1. The Labute approximate surface area is 80.3 Å². The lowest BCUT2D eigenvalue weighted by molar-refractivity contribution is 0.218. The molecule has 0 aromatic rings. The SMILES string of the molecule is CNC(C)(C#N)C1CC2CCC1C2. The number of hydrogen-bond acceptors (Lipinski definition) is 2. The molecule has 2 heteroatoms. The summed E-state index contributed by atoms with van der Waals surface area (Å²) < 4.78 is 0. The zero-order valence-electron chi connectivity index (χ0n) is 8.51. The Morgan fingerprint density at radius 2 is 2.15 bits per heavy atom. The van der Waals surface area contributed by atoms with Gasteiger partial charge in [0, 0.05) is 0 Å². The topological polar surface area (TPSA) is 35.8 Å². The summed E-state index contributed by atoms with van der Waals surface area (Å²) in [6, 6.07) is 2.44. The second kappa shape index (κ2) is 2.99. The van der Waals surface area contributed by atoms with E-state index in [9.17, 15) is 0 Å². The van der Waals surface area contributed by atoms with Crippen LogP contribution in [0.25, 0.3) is 0 Å². The first-order chi connectivity index (χ1) is 6.19. The maximum atomic E-state index is 9.16. The highest BCUT2D eigenvalue weighted by Gasteiger charge is 2.48. The quantitative estimate of drug-likeness (QED) is 0.701. The average Bonchev–Trinajstić information content (AvgIpc) is 2.77. The van der Waals surface area contributed by atoms with E-state index in [1.807, 2.05) is 7.05 Å². The Bertz CT molecular complexity index is 243. The summed E-state index contributed by atoms with van der Waals surface area (Å²) >= 11 is 0. The van der Waals surface area contributed by atoms with Crippen LogP contribution in [0.3, 0.4) is 0 Å². The monoisotopic (exact) mass is 178 g/mol. The molecule has 2 nitrogen and oxygen atoms in total. The first-order valence-electron chi connectivity index (χ1n) is 5.30. The van der Waals surface area contributed by atoms with Gasteiger partial charge in [0.2, 0.25) is 0 Å². The highest BCUT2D eigenvalue weighted by atomic mass is 14.9. The maximum absolute atomic E-state index is 9.16. The summed E-state index contributed by atoms with van der Waals surface area (Å²) in [5, 5.41) is 12.4. The fraction of sp³-hybridized carbons (Fsp3) is 0.909. The van der Waals surface area contributed by atoms with Gasteiger partial charge in [-0.05, 0) is 51.0 Å². The molecule has 2 saturated carbocycles. The fourth-order valence-electron chi connectivity index (χ4n) is 3.28. The molecule has 0 amide bonds. The third-order valence-electron chi connectivity index (χ3n) is 4.23. The Kier molecular flexibility index (Phi) is 2.08. The molecule has 0 aromatic heterocycles. The van der Waals surface area contributed by atoms with E-state index >= 15 is 0 Å². The van der Waals surface area contributed by atoms with Gasteiger partial charge in [-0.1, -0.05) is 6.42 Å². The lowest BCUT2D eigenvalue weighted by Crippen LogP contribution is -2.47. The van der Waals surface area contributed by atoms with Crippen LogP contribution in [0.1, 0.15) is 32.6 Å². The van der Waals surface area contributed by atoms with E-state index in [1.165, 1.54) is 25.7 Å². The minimum Gasteiger partial charge on any atom is -0.302 e. The van der Waals surface area contributed by atoms with E-state index in [1.54, 1.807) is 0 Å². The van der Waals surface area contributed by atoms with Crippen LogP contribution >= 0.6 is 0 Å². The summed E-state index contributed by atoms with van der Waals surface area (Å²) in [4.78, 5) is 0. The summed E-state index contributed by atoms with van der Waals surface area (Å²) in [7, 11) is 1.91. The van der Waals surface area contributed by atoms with Crippen molar-refractivity contribution in [1.82, 2.24) is 5.32 Å². The molecule has 0 heterocycles. The summed E-state index contributed by atoms with van der Waals surface area (Å²) in [5.74, 6) is 2.35. The second-order valence-electron chi connectivity index (χ2n) is 4.85. The van der Waals surface area contributed by atoms with Gasteiger partial charge >= 0.3 is 0 Å². The van der Waals surface area contributed by atoms with E-state index in [0.29, 0.717) is 5.92 Å². The molecule has 1 N–H and O–H groups in total. The van der Waals surface area contributed by atoms with E-state index < -0.39 is 0 Å². The first-order valence-corrected chi connectivity index (χ1v) is 5.30. The van der Waals surface area contributed by atoms with Gasteiger partial charge in [0.25, 0.3) is 0 Å². The van der Waals surface area contributed by atoms with Crippen molar-refractivity contribution in [3.8, 4) is 6.07 Å². The van der Waals surface area contributed by atoms with Crippen molar-refractivity contribution in [3.05, 3.63) is 0 Å². The summed E-state index contributed by atoms with van der Waals surface area (Å²) in [6.07, 6.45) is 5.42. The molecule has 0 saturated heterocycles. The predicted molar refractivity (Wildman–Crippen MR) is 52.0 cm³/mol. The molecule has 72 valence electrons. The van der Waals surface area contributed by atoms with Crippen LogP contribution in [0.2, 0.25) is 0 Å². The Morgan fingerprint density at radius 1 is 1.38 bits per heavy atom. The molecular formula is C11H18N2. The van der Waals surface area contributed by atoms with Crippen LogP contribution in [0.5, 0.6) is 0 Å². The van der Waals surface area contributed by atoms with Crippen molar-refractivity contribution in [2.45, 2.75) is 38.1 Å². The van der Waals surface area contributed by atoms with Gasteiger partial charge < -0.3 is 5.32 Å². The molecule has 13 heavy (non-hydrogen) atoms. The first kappa shape index (κ1) is 9.02. The lowest BCUT2D eigenvalue weighted by Gasteiger charge is -2.34. The van der Waals surface area contributed by atoms with Gasteiger partial charge in [-0.2, -0.15) is 5.26 Å². The Hall–Kier alpha value is -0.550. The van der Waals surface area contributed by atoms with E-state index in [0.717, 1.165) is 11.8 Å². The lowest BCUT2D eigenvalue weighted by atomic mass is 9.76. The van der Waals surface area contributed by atoms with Crippen LogP contribution in [-0.4, -0.2) is 12.6 Å². The standard InChI is InChI=1S/C11H18N2/c1-11(7-12,13-2)10-6-8-3-4-9(10)5-8/h8-10,13H,3-6H2,1-2H3. The van der Waals surface area contributed by atoms with Gasteiger partial charge in [-0.15, -0.1) is 0 Å². The van der Waals surface area contributed by atoms with Gasteiger partial charge in [-0.25, -0.2) is 0 Å². The number of nitrogens with zero attached hydrogens (tertiary/aromatic N) is 1. The van der Waals surface area contributed by atoms with Crippen molar-refractivity contribution >= 4 is 0 Å². The van der Waals surface area contributed by atoms with Crippen LogP contribution in [0.4, 0.5) is 0 Å². The third-order valence-corrected chi connectivity index (χ3v) is 4.23. The average molecular weight is 178 g/mol. The Morgan fingerprint density at radius 3 is 2.54 bits per heavy atom. The smallest absolute Gasteiger partial charge is 0.106 e. The zero-order valence-corrected chi connectivity index (χ0v) is 8.51. The zero-order chi connectivity index (χ0) is 9.47. The maximum Gasteiger partial charge on any atom is 0.106 e. The van der Waals surface area contributed by atoms with Gasteiger partial charge in [0.05, 0.1) is 6.07 Å². The number of nitriles is 1. The van der Waals surface area contributed by atoms with E-state index in [-0.39, 0.29) is 5.54 Å². The minimum absolute atomic E-state index is 0.278.